The van der Waals surface area contributed by atoms with Gasteiger partial charge in [0.2, 0.25) is 5.95 Å². The first kappa shape index (κ1) is 19.0. The molecule has 0 atom stereocenters. The van der Waals surface area contributed by atoms with Crippen molar-refractivity contribution in [2.24, 2.45) is 0 Å². The van der Waals surface area contributed by atoms with E-state index in [1.807, 2.05) is 29.0 Å². The molecule has 8 nitrogen and oxygen atoms in total. The Morgan fingerprint density at radius 1 is 1.15 bits per heavy atom. The van der Waals surface area contributed by atoms with Crippen LogP contribution in [0.1, 0.15) is 16.8 Å². The van der Waals surface area contributed by atoms with E-state index in [1.54, 1.807) is 31.8 Å². The zero-order valence-electron chi connectivity index (χ0n) is 15.9. The Morgan fingerprint density at radius 3 is 2.67 bits per heavy atom. The monoisotopic (exact) mass is 370 g/mol. The topological polar surface area (TPSA) is 74.7 Å². The van der Waals surface area contributed by atoms with Crippen molar-refractivity contribution in [3.63, 3.8) is 0 Å². The van der Waals surface area contributed by atoms with Crippen molar-refractivity contribution in [3.8, 4) is 0 Å². The van der Waals surface area contributed by atoms with Crippen LogP contribution >= 0.6 is 0 Å². The molecular weight excluding hydrogens is 344 g/mol. The largest absolute Gasteiger partial charge is 0.383 e. The summed E-state index contributed by atoms with van der Waals surface area (Å²) in [7, 11) is 3.63. The van der Waals surface area contributed by atoms with Crippen LogP contribution in [0.3, 0.4) is 0 Å². The Labute approximate surface area is 159 Å². The lowest BCUT2D eigenvalue weighted by Gasteiger charge is -2.22. The second kappa shape index (κ2) is 9.27. The molecule has 0 saturated carbocycles. The van der Waals surface area contributed by atoms with Gasteiger partial charge in [-0.1, -0.05) is 0 Å². The van der Waals surface area contributed by atoms with Gasteiger partial charge in [-0.25, -0.2) is 15.0 Å². The summed E-state index contributed by atoms with van der Waals surface area (Å²) in [5.41, 5.74) is 0.614. The number of nitrogens with zero attached hydrogens (tertiary/aromatic N) is 6. The van der Waals surface area contributed by atoms with Crippen LogP contribution in [0, 0.1) is 0 Å². The van der Waals surface area contributed by atoms with Crippen LogP contribution in [0.15, 0.2) is 36.8 Å². The first-order valence-electron chi connectivity index (χ1n) is 9.16. The summed E-state index contributed by atoms with van der Waals surface area (Å²) in [6.45, 7) is 4.31. The molecule has 1 fully saturated rings. The molecule has 0 spiro atoms. The summed E-state index contributed by atoms with van der Waals surface area (Å²) < 4.78 is 5.08. The quantitative estimate of drug-likeness (QED) is 0.759. The average Bonchev–Trinajstić information content (AvgIpc) is 2.98. The Morgan fingerprint density at radius 2 is 1.96 bits per heavy atom. The number of pyridine rings is 1. The van der Waals surface area contributed by atoms with E-state index in [1.165, 1.54) is 0 Å². The Balaban J connectivity index is 1.60. The molecule has 8 heteroatoms. The number of ether oxygens (including phenoxy) is 1. The highest BCUT2D eigenvalue weighted by molar-refractivity contribution is 5.94. The number of aromatic nitrogens is 3. The van der Waals surface area contributed by atoms with Crippen LogP contribution in [0.5, 0.6) is 0 Å². The molecule has 2 aromatic rings. The van der Waals surface area contributed by atoms with Crippen molar-refractivity contribution >= 4 is 17.7 Å². The van der Waals surface area contributed by atoms with Crippen LogP contribution in [0.2, 0.25) is 0 Å². The summed E-state index contributed by atoms with van der Waals surface area (Å²) >= 11 is 0. The van der Waals surface area contributed by atoms with Crippen LogP contribution < -0.4 is 9.80 Å². The van der Waals surface area contributed by atoms with Crippen LogP contribution in [-0.2, 0) is 4.74 Å². The number of carbonyl (C=O) groups is 1. The van der Waals surface area contributed by atoms with Crippen molar-refractivity contribution in [2.45, 2.75) is 6.42 Å². The maximum atomic E-state index is 12.9. The lowest BCUT2D eigenvalue weighted by molar-refractivity contribution is 0.0766. The molecule has 3 rings (SSSR count). The van der Waals surface area contributed by atoms with Crippen LogP contribution in [0.4, 0.5) is 11.8 Å². The molecule has 0 unspecified atom stereocenters. The first-order chi connectivity index (χ1) is 13.2. The molecule has 144 valence electrons. The highest BCUT2D eigenvalue weighted by Gasteiger charge is 2.21. The van der Waals surface area contributed by atoms with E-state index < -0.39 is 0 Å². The van der Waals surface area contributed by atoms with Crippen molar-refractivity contribution in [3.05, 3.63) is 42.4 Å². The fourth-order valence-electron chi connectivity index (χ4n) is 3.04. The molecule has 1 saturated heterocycles. The standard InChI is InChI=1S/C19H26N6O2/c1-23(13-14-27-2)17-6-5-16(15-22-17)18(26)24-9-4-10-25(12-11-24)19-20-7-3-8-21-19/h3,5-8,15H,4,9-14H2,1-2H3. The van der Waals surface area contributed by atoms with E-state index >= 15 is 0 Å². The summed E-state index contributed by atoms with van der Waals surface area (Å²) in [5.74, 6) is 1.56. The van der Waals surface area contributed by atoms with Crippen LogP contribution in [-0.4, -0.2) is 79.2 Å². The molecule has 0 aromatic carbocycles. The fourth-order valence-corrected chi connectivity index (χ4v) is 3.04. The summed E-state index contributed by atoms with van der Waals surface area (Å²) in [5, 5.41) is 0. The Hall–Kier alpha value is -2.74. The molecule has 0 radical (unpaired) electrons. The van der Waals surface area contributed by atoms with Gasteiger partial charge in [0.15, 0.2) is 0 Å². The minimum absolute atomic E-state index is 0.0180. The molecule has 1 amide bonds. The number of hydrogen-bond donors (Lipinski definition) is 0. The molecule has 27 heavy (non-hydrogen) atoms. The first-order valence-corrected chi connectivity index (χ1v) is 9.16. The zero-order valence-corrected chi connectivity index (χ0v) is 15.9. The third-order valence-corrected chi connectivity index (χ3v) is 4.63. The van der Waals surface area contributed by atoms with E-state index in [2.05, 4.69) is 19.9 Å². The number of rotatable bonds is 6. The normalized spacial score (nSPS) is 14.7. The van der Waals surface area contributed by atoms with Crippen molar-refractivity contribution in [2.75, 3.05) is 63.3 Å². The van der Waals surface area contributed by atoms with Gasteiger partial charge in [-0.3, -0.25) is 4.79 Å². The van der Waals surface area contributed by atoms with E-state index in [9.17, 15) is 4.79 Å². The second-order valence-corrected chi connectivity index (χ2v) is 6.50. The predicted molar refractivity (Wildman–Crippen MR) is 104 cm³/mol. The summed E-state index contributed by atoms with van der Waals surface area (Å²) in [4.78, 5) is 31.9. The third-order valence-electron chi connectivity index (χ3n) is 4.63. The average molecular weight is 370 g/mol. The highest BCUT2D eigenvalue weighted by atomic mass is 16.5. The Bertz CT molecular complexity index is 725. The molecule has 1 aliphatic rings. The van der Waals surface area contributed by atoms with Gasteiger partial charge in [0, 0.05) is 65.5 Å². The van der Waals surface area contributed by atoms with Crippen molar-refractivity contribution in [1.82, 2.24) is 19.9 Å². The molecule has 0 bridgehead atoms. The SMILES string of the molecule is COCCN(C)c1ccc(C(=O)N2CCCN(c3ncccn3)CC2)cn1. The molecule has 0 aliphatic carbocycles. The number of methoxy groups -OCH3 is 1. The smallest absolute Gasteiger partial charge is 0.255 e. The third kappa shape index (κ3) is 4.91. The van der Waals surface area contributed by atoms with Gasteiger partial charge in [0.1, 0.15) is 5.82 Å². The minimum Gasteiger partial charge on any atom is -0.383 e. The van der Waals surface area contributed by atoms with Gasteiger partial charge in [-0.2, -0.15) is 0 Å². The van der Waals surface area contributed by atoms with Crippen LogP contribution in [0.25, 0.3) is 0 Å². The van der Waals surface area contributed by atoms with E-state index in [0.717, 1.165) is 44.4 Å². The minimum atomic E-state index is 0.0180. The molecule has 3 heterocycles. The molecule has 0 N–H and O–H groups in total. The second-order valence-electron chi connectivity index (χ2n) is 6.50. The molecule has 2 aromatic heterocycles. The number of carbonyl (C=O) groups excluding carboxylic acids is 1. The van der Waals surface area contributed by atoms with Gasteiger partial charge in [0.05, 0.1) is 12.2 Å². The van der Waals surface area contributed by atoms with E-state index in [-0.39, 0.29) is 5.91 Å². The number of amides is 1. The van der Waals surface area contributed by atoms with Crippen molar-refractivity contribution in [1.29, 1.82) is 0 Å². The zero-order chi connectivity index (χ0) is 19.1. The fraction of sp³-hybridized carbons (Fsp3) is 0.474. The molecular formula is C19H26N6O2. The highest BCUT2D eigenvalue weighted by Crippen LogP contribution is 2.14. The number of hydrogen-bond acceptors (Lipinski definition) is 7. The lowest BCUT2D eigenvalue weighted by atomic mass is 10.2. The van der Waals surface area contributed by atoms with Gasteiger partial charge < -0.3 is 19.4 Å². The van der Waals surface area contributed by atoms with E-state index in [0.29, 0.717) is 18.7 Å². The maximum absolute atomic E-state index is 12.9. The predicted octanol–water partition coefficient (Wildman–Crippen LogP) is 1.31. The maximum Gasteiger partial charge on any atom is 0.255 e. The summed E-state index contributed by atoms with van der Waals surface area (Å²) in [6, 6.07) is 5.53. The lowest BCUT2D eigenvalue weighted by Crippen LogP contribution is -2.35. The van der Waals surface area contributed by atoms with Crippen molar-refractivity contribution < 1.29 is 9.53 Å². The number of anilines is 2. The Kier molecular flexibility index (Phi) is 6.54. The van der Waals surface area contributed by atoms with Gasteiger partial charge in [-0.15, -0.1) is 0 Å². The van der Waals surface area contributed by atoms with Gasteiger partial charge >= 0.3 is 0 Å². The van der Waals surface area contributed by atoms with E-state index in [4.69, 9.17) is 4.74 Å². The summed E-state index contributed by atoms with van der Waals surface area (Å²) in [6.07, 6.45) is 6.03. The van der Waals surface area contributed by atoms with Gasteiger partial charge in [-0.05, 0) is 24.6 Å². The number of likely N-dealkylation sites (N-methyl/N-ethyl adjacent to an activating group) is 1. The molecule has 1 aliphatic heterocycles. The van der Waals surface area contributed by atoms with Gasteiger partial charge in [0.25, 0.3) is 5.91 Å².